The number of ether oxygens (including phenoxy) is 1. The van der Waals surface area contributed by atoms with Gasteiger partial charge < -0.3 is 15.4 Å². The number of carbonyl (C=O) groups is 1. The molecule has 112 valence electrons. The Morgan fingerprint density at radius 3 is 2.37 bits per heavy atom. The Morgan fingerprint density at radius 1 is 1.37 bits per heavy atom. The van der Waals surface area contributed by atoms with Gasteiger partial charge >= 0.3 is 12.2 Å². The van der Waals surface area contributed by atoms with Gasteiger partial charge in [0.15, 0.2) is 0 Å². The van der Waals surface area contributed by atoms with Gasteiger partial charge in [0.1, 0.15) is 0 Å². The minimum absolute atomic E-state index is 0.108. The predicted molar refractivity (Wildman–Crippen MR) is 64.8 cm³/mol. The Bertz CT molecular complexity index is 344. The van der Waals surface area contributed by atoms with Crippen LogP contribution in [0.2, 0.25) is 0 Å². The highest BCUT2D eigenvalue weighted by molar-refractivity contribution is 5.74. The lowest BCUT2D eigenvalue weighted by atomic mass is 9.56. The van der Waals surface area contributed by atoms with Gasteiger partial charge in [0, 0.05) is 25.1 Å². The molecule has 1 fully saturated rings. The molecule has 4 nitrogen and oxygen atoms in total. The Kier molecular flexibility index (Phi) is 4.39. The molecule has 0 unspecified atom stereocenters. The zero-order chi connectivity index (χ0) is 14.9. The van der Waals surface area contributed by atoms with Crippen molar-refractivity contribution in [2.75, 3.05) is 13.7 Å². The van der Waals surface area contributed by atoms with Gasteiger partial charge in [-0.25, -0.2) is 4.79 Å². The summed E-state index contributed by atoms with van der Waals surface area (Å²) in [6, 6.07) is -0.677. The molecule has 0 aromatic rings. The molecule has 0 radical (unpaired) electrons. The number of hydrogen-bond donors (Lipinski definition) is 2. The molecule has 0 bridgehead atoms. The van der Waals surface area contributed by atoms with Crippen LogP contribution in [0.15, 0.2) is 0 Å². The zero-order valence-corrected chi connectivity index (χ0v) is 11.6. The number of alkyl halides is 3. The molecule has 0 spiro atoms. The first kappa shape index (κ1) is 16.1. The summed E-state index contributed by atoms with van der Waals surface area (Å²) in [5.74, 6) is 0. The van der Waals surface area contributed by atoms with E-state index in [0.29, 0.717) is 6.42 Å². The lowest BCUT2D eigenvalue weighted by Gasteiger charge is -2.59. The molecule has 1 aliphatic carbocycles. The zero-order valence-electron chi connectivity index (χ0n) is 11.6. The van der Waals surface area contributed by atoms with Crippen LogP contribution in [0, 0.1) is 5.41 Å². The minimum atomic E-state index is -4.25. The van der Waals surface area contributed by atoms with Crippen molar-refractivity contribution in [2.45, 2.75) is 51.4 Å². The summed E-state index contributed by atoms with van der Waals surface area (Å²) in [7, 11) is 1.61. The first-order valence-corrected chi connectivity index (χ1v) is 6.18. The van der Waals surface area contributed by atoms with E-state index in [1.807, 2.05) is 20.8 Å². The summed E-state index contributed by atoms with van der Waals surface area (Å²) in [6.07, 6.45) is -4.63. The van der Waals surface area contributed by atoms with E-state index in [1.54, 1.807) is 7.11 Å². The third-order valence-electron chi connectivity index (χ3n) is 4.28. The molecular formula is C12H21F3N2O2. The lowest BCUT2D eigenvalue weighted by Crippen LogP contribution is -2.69. The Balaban J connectivity index is 2.36. The Labute approximate surface area is 111 Å². The van der Waals surface area contributed by atoms with Crippen molar-refractivity contribution in [1.82, 2.24) is 10.6 Å². The molecule has 0 aromatic heterocycles. The first-order chi connectivity index (χ1) is 8.52. The molecule has 0 heterocycles. The summed E-state index contributed by atoms with van der Waals surface area (Å²) in [5.41, 5.74) is -0.583. The highest BCUT2D eigenvalue weighted by atomic mass is 19.4. The van der Waals surface area contributed by atoms with Crippen molar-refractivity contribution in [1.29, 1.82) is 0 Å². The number of methoxy groups -OCH3 is 1. The third kappa shape index (κ3) is 3.52. The number of amides is 2. The van der Waals surface area contributed by atoms with E-state index in [-0.39, 0.29) is 17.1 Å². The third-order valence-corrected chi connectivity index (χ3v) is 4.28. The van der Waals surface area contributed by atoms with E-state index < -0.39 is 25.2 Å². The highest BCUT2D eigenvalue weighted by Gasteiger charge is 2.58. The first-order valence-electron chi connectivity index (χ1n) is 6.18. The number of halogens is 3. The van der Waals surface area contributed by atoms with Crippen molar-refractivity contribution in [2.24, 2.45) is 5.41 Å². The Hall–Kier alpha value is -0.980. The van der Waals surface area contributed by atoms with E-state index >= 15 is 0 Å². The number of nitrogens with one attached hydrogen (secondary N) is 2. The van der Waals surface area contributed by atoms with Gasteiger partial charge in [-0.15, -0.1) is 0 Å². The van der Waals surface area contributed by atoms with E-state index in [2.05, 4.69) is 10.6 Å². The van der Waals surface area contributed by atoms with Crippen molar-refractivity contribution in [3.63, 3.8) is 0 Å². The monoisotopic (exact) mass is 282 g/mol. The van der Waals surface area contributed by atoms with Crippen molar-refractivity contribution in [3.05, 3.63) is 0 Å². The largest absolute Gasteiger partial charge is 0.390 e. The number of carbonyl (C=O) groups excluding carboxylic acids is 1. The maximum atomic E-state index is 11.9. The molecule has 1 aliphatic rings. The van der Waals surface area contributed by atoms with Gasteiger partial charge in [-0.3, -0.25) is 0 Å². The van der Waals surface area contributed by atoms with Crippen LogP contribution in [-0.2, 0) is 4.74 Å². The van der Waals surface area contributed by atoms with Crippen LogP contribution in [0.4, 0.5) is 18.0 Å². The molecule has 2 amide bonds. The maximum absolute atomic E-state index is 11.9. The quantitative estimate of drug-likeness (QED) is 0.832. The highest BCUT2D eigenvalue weighted by Crippen LogP contribution is 2.51. The summed E-state index contributed by atoms with van der Waals surface area (Å²) in [5, 5.41) is 4.90. The number of hydrogen-bond acceptors (Lipinski definition) is 2. The molecule has 1 rings (SSSR count). The van der Waals surface area contributed by atoms with Crippen LogP contribution in [0.1, 0.15) is 33.6 Å². The van der Waals surface area contributed by atoms with Crippen molar-refractivity contribution < 1.29 is 22.7 Å². The van der Waals surface area contributed by atoms with Gasteiger partial charge in [-0.2, -0.15) is 13.2 Å². The Morgan fingerprint density at radius 2 is 1.95 bits per heavy atom. The van der Waals surface area contributed by atoms with Gasteiger partial charge in [0.25, 0.3) is 0 Å². The van der Waals surface area contributed by atoms with Crippen molar-refractivity contribution in [3.8, 4) is 0 Å². The van der Waals surface area contributed by atoms with Gasteiger partial charge in [0.2, 0.25) is 0 Å². The van der Waals surface area contributed by atoms with Crippen LogP contribution in [0.5, 0.6) is 0 Å². The number of rotatable bonds is 4. The minimum Gasteiger partial charge on any atom is -0.378 e. The lowest BCUT2D eigenvalue weighted by molar-refractivity contribution is -0.177. The van der Waals surface area contributed by atoms with Crippen LogP contribution in [0.25, 0.3) is 0 Å². The summed E-state index contributed by atoms with van der Waals surface area (Å²) in [4.78, 5) is 11.5. The van der Waals surface area contributed by atoms with E-state index in [0.717, 1.165) is 0 Å². The molecule has 7 heteroatoms. The van der Waals surface area contributed by atoms with E-state index in [9.17, 15) is 18.0 Å². The average Bonchev–Trinajstić information content (AvgIpc) is 2.26. The molecule has 0 aromatic carbocycles. The molecule has 1 saturated carbocycles. The van der Waals surface area contributed by atoms with Gasteiger partial charge in [-0.05, 0) is 13.3 Å². The maximum Gasteiger partial charge on any atom is 0.390 e. The van der Waals surface area contributed by atoms with Gasteiger partial charge in [0.05, 0.1) is 12.0 Å². The molecular weight excluding hydrogens is 261 g/mol. The number of urea groups is 1. The summed E-state index contributed by atoms with van der Waals surface area (Å²) < 4.78 is 41.2. The summed E-state index contributed by atoms with van der Waals surface area (Å²) >= 11 is 0. The average molecular weight is 282 g/mol. The fourth-order valence-corrected chi connectivity index (χ4v) is 2.25. The van der Waals surface area contributed by atoms with Gasteiger partial charge in [-0.1, -0.05) is 13.8 Å². The fraction of sp³-hybridized carbons (Fsp3) is 0.917. The molecule has 0 saturated heterocycles. The molecule has 0 aliphatic heterocycles. The second-order valence-electron chi connectivity index (χ2n) is 5.68. The molecule has 2 atom stereocenters. The van der Waals surface area contributed by atoms with Crippen LogP contribution in [-0.4, -0.2) is 37.5 Å². The summed E-state index contributed by atoms with van der Waals surface area (Å²) in [6.45, 7) is 5.46. The van der Waals surface area contributed by atoms with E-state index in [4.69, 9.17) is 4.74 Å². The van der Waals surface area contributed by atoms with Crippen LogP contribution < -0.4 is 10.6 Å². The van der Waals surface area contributed by atoms with Crippen LogP contribution in [0.3, 0.4) is 0 Å². The SMILES string of the molecule is CO[C@@]1(C)C[C@H](NC(=O)NCCC(F)(F)F)C1(C)C. The fourth-order valence-electron chi connectivity index (χ4n) is 2.25. The van der Waals surface area contributed by atoms with E-state index in [1.165, 1.54) is 0 Å². The molecule has 2 N–H and O–H groups in total. The molecule has 19 heavy (non-hydrogen) atoms. The second-order valence-corrected chi connectivity index (χ2v) is 5.68. The van der Waals surface area contributed by atoms with Crippen molar-refractivity contribution >= 4 is 6.03 Å². The topological polar surface area (TPSA) is 50.4 Å². The van der Waals surface area contributed by atoms with Crippen LogP contribution >= 0.6 is 0 Å². The normalized spacial score (nSPS) is 29.5. The predicted octanol–water partition coefficient (Wildman–Crippen LogP) is 2.44. The smallest absolute Gasteiger partial charge is 0.378 e. The second kappa shape index (κ2) is 5.19. The standard InChI is InChI=1S/C12H21F3N2O2/c1-10(2)8(7-11(10,3)19-4)17-9(18)16-6-5-12(13,14)15/h8H,5-7H2,1-4H3,(H2,16,17,18)/t8-,11-/m0/s1.